The Labute approximate surface area is 350 Å². The van der Waals surface area contributed by atoms with Crippen molar-refractivity contribution in [3.05, 3.63) is 84.2 Å². The van der Waals surface area contributed by atoms with Crippen molar-refractivity contribution in [1.29, 1.82) is 0 Å². The number of piperazine rings is 2. The molecule has 16 heteroatoms. The standard InChI is InChI=1S/C42H58N12O2S2/c1-31-25-39(53(47-31)34-9-5-3-6-10-34)51-19-15-49(16-20-51)36-28-37(45-30-36)42(56)44-14-24-58-57-23-13-43-41(55)33-27-38(46-29-33)50-17-21-52(22-18-50)40-26-32(2)48-54(40)35-11-7-4-8-12-35/h3-12,25-26,33,36-38,45-46H,13-24,27-30H2,1-2H3,(H,43,55)(H,44,56). The van der Waals surface area contributed by atoms with E-state index in [4.69, 9.17) is 10.2 Å². The van der Waals surface area contributed by atoms with E-state index in [0.29, 0.717) is 25.7 Å². The van der Waals surface area contributed by atoms with Crippen LogP contribution in [0.1, 0.15) is 24.2 Å². The molecule has 4 atom stereocenters. The molecule has 4 saturated heterocycles. The quantitative estimate of drug-likeness (QED) is 0.104. The molecule has 4 N–H and O–H groups in total. The first-order valence-corrected chi connectivity index (χ1v) is 23.4. The van der Waals surface area contributed by atoms with Crippen LogP contribution in [-0.2, 0) is 9.59 Å². The number of nitrogens with one attached hydrogen (secondary N) is 4. The second-order valence-electron chi connectivity index (χ2n) is 15.8. The van der Waals surface area contributed by atoms with Crippen LogP contribution < -0.4 is 31.1 Å². The van der Waals surface area contributed by atoms with Crippen LogP contribution in [-0.4, -0.2) is 149 Å². The summed E-state index contributed by atoms with van der Waals surface area (Å²) >= 11 is 0. The average Bonchev–Trinajstić information content (AvgIpc) is 4.10. The summed E-state index contributed by atoms with van der Waals surface area (Å²) in [6, 6.07) is 25.2. The van der Waals surface area contributed by atoms with Gasteiger partial charge in [-0.05, 0) is 51.0 Å². The second-order valence-corrected chi connectivity index (χ2v) is 18.5. The summed E-state index contributed by atoms with van der Waals surface area (Å²) in [5.74, 6) is 4.17. The number of aromatic nitrogens is 4. The van der Waals surface area contributed by atoms with Crippen molar-refractivity contribution in [3.8, 4) is 11.4 Å². The zero-order valence-corrected chi connectivity index (χ0v) is 35.4. The van der Waals surface area contributed by atoms with Crippen LogP contribution in [0.25, 0.3) is 11.4 Å². The van der Waals surface area contributed by atoms with Crippen molar-refractivity contribution in [3.63, 3.8) is 0 Å². The van der Waals surface area contributed by atoms with E-state index in [1.807, 2.05) is 54.9 Å². The third kappa shape index (κ3) is 9.86. The fourth-order valence-electron chi connectivity index (χ4n) is 8.72. The maximum absolute atomic E-state index is 13.0. The number of carbonyl (C=O) groups is 2. The number of para-hydroxylation sites is 2. The third-order valence-corrected chi connectivity index (χ3v) is 14.2. The number of rotatable bonds is 15. The minimum absolute atomic E-state index is 0.00801. The number of hydrogen-bond acceptors (Lipinski definition) is 12. The summed E-state index contributed by atoms with van der Waals surface area (Å²) in [4.78, 5) is 35.9. The van der Waals surface area contributed by atoms with Crippen LogP contribution >= 0.6 is 21.6 Å². The van der Waals surface area contributed by atoms with E-state index in [2.05, 4.69) is 81.9 Å². The van der Waals surface area contributed by atoms with E-state index < -0.39 is 0 Å². The summed E-state index contributed by atoms with van der Waals surface area (Å²) in [7, 11) is 3.49. The molecule has 4 aliphatic heterocycles. The largest absolute Gasteiger partial charge is 0.355 e. The molecule has 2 aromatic heterocycles. The lowest BCUT2D eigenvalue weighted by molar-refractivity contribution is -0.124. The van der Waals surface area contributed by atoms with Crippen LogP contribution in [0.4, 0.5) is 11.6 Å². The first-order valence-electron chi connectivity index (χ1n) is 20.9. The number of carbonyl (C=O) groups excluding carboxylic acids is 2. The van der Waals surface area contributed by atoms with Gasteiger partial charge in [0.25, 0.3) is 0 Å². The van der Waals surface area contributed by atoms with Crippen LogP contribution in [0.2, 0.25) is 0 Å². The van der Waals surface area contributed by atoms with E-state index in [1.165, 1.54) is 0 Å². The summed E-state index contributed by atoms with van der Waals surface area (Å²) in [5.41, 5.74) is 4.19. The van der Waals surface area contributed by atoms with Crippen LogP contribution in [0.15, 0.2) is 72.8 Å². The minimum atomic E-state index is -0.146. The SMILES string of the molecule is Cc1cc(N2CCN(C3CNC(C(=O)NCCSSCCNC(=O)C4CNC(N5CCN(c6cc(C)nn6-c6ccccc6)CC5)C4)C3)CC2)n(-c2ccccc2)n1. The molecule has 8 rings (SSSR count). The summed E-state index contributed by atoms with van der Waals surface area (Å²) in [6.07, 6.45) is 1.90. The molecule has 58 heavy (non-hydrogen) atoms. The average molecular weight is 827 g/mol. The van der Waals surface area contributed by atoms with Gasteiger partial charge in [-0.25, -0.2) is 9.36 Å². The normalized spacial score (nSPS) is 23.1. The fourth-order valence-corrected chi connectivity index (χ4v) is 10.5. The molecule has 4 aliphatic rings. The zero-order chi connectivity index (χ0) is 39.8. The molecule has 0 bridgehead atoms. The van der Waals surface area contributed by atoms with E-state index >= 15 is 0 Å². The Kier molecular flexibility index (Phi) is 13.6. The first kappa shape index (κ1) is 40.7. The summed E-state index contributed by atoms with van der Waals surface area (Å²) in [5, 5.41) is 22.9. The number of benzene rings is 2. The molecule has 310 valence electrons. The van der Waals surface area contributed by atoms with Gasteiger partial charge in [0, 0.05) is 108 Å². The maximum Gasteiger partial charge on any atom is 0.237 e. The molecule has 0 aliphatic carbocycles. The molecule has 6 heterocycles. The number of aryl methyl sites for hydroxylation is 2. The lowest BCUT2D eigenvalue weighted by atomic mass is 10.1. The van der Waals surface area contributed by atoms with Gasteiger partial charge in [-0.3, -0.25) is 19.4 Å². The van der Waals surface area contributed by atoms with Gasteiger partial charge < -0.3 is 31.1 Å². The van der Waals surface area contributed by atoms with Gasteiger partial charge in [-0.1, -0.05) is 58.0 Å². The predicted octanol–water partition coefficient (Wildman–Crippen LogP) is 2.90. The molecule has 0 radical (unpaired) electrons. The number of nitrogens with zero attached hydrogens (tertiary/aromatic N) is 8. The van der Waals surface area contributed by atoms with Crippen molar-refractivity contribution in [2.24, 2.45) is 5.92 Å². The van der Waals surface area contributed by atoms with Gasteiger partial charge in [0.15, 0.2) is 0 Å². The lowest BCUT2D eigenvalue weighted by Gasteiger charge is -2.39. The Morgan fingerprint density at radius 1 is 0.655 bits per heavy atom. The van der Waals surface area contributed by atoms with Crippen molar-refractivity contribution < 1.29 is 9.59 Å². The molecule has 2 aromatic carbocycles. The molecule has 14 nitrogen and oxygen atoms in total. The van der Waals surface area contributed by atoms with Crippen molar-refractivity contribution in [2.45, 2.75) is 44.9 Å². The molecular weight excluding hydrogens is 769 g/mol. The van der Waals surface area contributed by atoms with Gasteiger partial charge >= 0.3 is 0 Å². The number of amides is 2. The first-order chi connectivity index (χ1) is 28.4. The highest BCUT2D eigenvalue weighted by Gasteiger charge is 2.36. The maximum atomic E-state index is 13.0. The Hall–Kier alpha value is -4.06. The highest BCUT2D eigenvalue weighted by Crippen LogP contribution is 2.27. The smallest absolute Gasteiger partial charge is 0.237 e. The molecule has 0 spiro atoms. The third-order valence-electron chi connectivity index (χ3n) is 11.8. The Bertz CT molecular complexity index is 1810. The predicted molar refractivity (Wildman–Crippen MR) is 235 cm³/mol. The van der Waals surface area contributed by atoms with E-state index in [-0.39, 0.29) is 29.9 Å². The van der Waals surface area contributed by atoms with Gasteiger partial charge in [-0.15, -0.1) is 0 Å². The lowest BCUT2D eigenvalue weighted by Crippen LogP contribution is -2.53. The summed E-state index contributed by atoms with van der Waals surface area (Å²) < 4.78 is 4.10. The molecule has 4 aromatic rings. The molecule has 0 saturated carbocycles. The number of hydrogen-bond donors (Lipinski definition) is 4. The topological polar surface area (TPSA) is 131 Å². The van der Waals surface area contributed by atoms with Crippen LogP contribution in [0.3, 0.4) is 0 Å². The van der Waals surface area contributed by atoms with Gasteiger partial charge in [0.1, 0.15) is 11.6 Å². The van der Waals surface area contributed by atoms with Gasteiger partial charge in [0.2, 0.25) is 11.8 Å². The van der Waals surface area contributed by atoms with Crippen molar-refractivity contribution in [2.75, 3.05) is 99.8 Å². The Balaban J connectivity index is 0.664. The highest BCUT2D eigenvalue weighted by molar-refractivity contribution is 8.76. The molecular formula is C42H58N12O2S2. The molecule has 2 amide bonds. The Morgan fingerprint density at radius 3 is 1.72 bits per heavy atom. The fraction of sp³-hybridized carbons (Fsp3) is 0.524. The monoisotopic (exact) mass is 826 g/mol. The van der Waals surface area contributed by atoms with Crippen LogP contribution in [0, 0.1) is 19.8 Å². The van der Waals surface area contributed by atoms with Crippen molar-refractivity contribution >= 4 is 45.0 Å². The Morgan fingerprint density at radius 2 is 1.17 bits per heavy atom. The highest BCUT2D eigenvalue weighted by atomic mass is 33.1. The van der Waals surface area contributed by atoms with Crippen LogP contribution in [0.5, 0.6) is 0 Å². The zero-order valence-electron chi connectivity index (χ0n) is 33.8. The van der Waals surface area contributed by atoms with Crippen molar-refractivity contribution in [1.82, 2.24) is 50.6 Å². The second kappa shape index (κ2) is 19.3. The summed E-state index contributed by atoms with van der Waals surface area (Å²) in [6.45, 7) is 14.5. The minimum Gasteiger partial charge on any atom is -0.355 e. The number of anilines is 2. The molecule has 4 unspecified atom stereocenters. The van der Waals surface area contributed by atoms with Gasteiger partial charge in [-0.2, -0.15) is 10.2 Å². The van der Waals surface area contributed by atoms with Gasteiger partial charge in [0.05, 0.1) is 40.9 Å². The van der Waals surface area contributed by atoms with E-state index in [1.54, 1.807) is 21.6 Å². The molecule has 4 fully saturated rings. The van der Waals surface area contributed by atoms with E-state index in [0.717, 1.165) is 118 Å². The van der Waals surface area contributed by atoms with E-state index in [9.17, 15) is 9.59 Å².